The minimum Gasteiger partial charge on any atom is -0.435 e. The van der Waals surface area contributed by atoms with Gasteiger partial charge in [-0.2, -0.15) is 8.78 Å². The van der Waals surface area contributed by atoms with E-state index in [0.29, 0.717) is 10.8 Å². The SMILES string of the molecule is C[C@H](NC(=S)Nc1ccc(OC(F)F)cc1)c1cccs1. The lowest BCUT2D eigenvalue weighted by Crippen LogP contribution is -2.30. The average Bonchev–Trinajstić information content (AvgIpc) is 2.94. The molecule has 2 N–H and O–H groups in total. The molecule has 0 fully saturated rings. The Morgan fingerprint density at radius 1 is 1.24 bits per heavy atom. The maximum atomic E-state index is 12.0. The number of thiocarbonyl (C=S) groups is 1. The number of benzene rings is 1. The highest BCUT2D eigenvalue weighted by molar-refractivity contribution is 7.80. The van der Waals surface area contributed by atoms with Crippen LogP contribution in [0.25, 0.3) is 0 Å². The molecule has 2 aromatic rings. The highest BCUT2D eigenvalue weighted by Crippen LogP contribution is 2.20. The Bertz CT molecular complexity index is 573. The Kier molecular flexibility index (Phi) is 5.46. The minimum atomic E-state index is -2.82. The van der Waals surface area contributed by atoms with Crippen LogP contribution in [-0.4, -0.2) is 11.7 Å². The van der Waals surface area contributed by atoms with Crippen molar-refractivity contribution >= 4 is 34.4 Å². The maximum absolute atomic E-state index is 12.0. The van der Waals surface area contributed by atoms with E-state index in [1.54, 1.807) is 23.5 Å². The molecule has 0 spiro atoms. The summed E-state index contributed by atoms with van der Waals surface area (Å²) in [6.07, 6.45) is 0. The van der Waals surface area contributed by atoms with Crippen LogP contribution in [0, 0.1) is 0 Å². The molecule has 0 aliphatic rings. The molecule has 0 unspecified atom stereocenters. The van der Waals surface area contributed by atoms with E-state index in [9.17, 15) is 8.78 Å². The van der Waals surface area contributed by atoms with Crippen LogP contribution in [0.4, 0.5) is 14.5 Å². The Balaban J connectivity index is 1.87. The van der Waals surface area contributed by atoms with Gasteiger partial charge in [-0.05, 0) is 54.9 Å². The first-order chi connectivity index (χ1) is 10.0. The summed E-state index contributed by atoms with van der Waals surface area (Å²) in [5.74, 6) is 0.112. The number of rotatable bonds is 5. The largest absolute Gasteiger partial charge is 0.435 e. The molecule has 1 atom stereocenters. The van der Waals surface area contributed by atoms with E-state index < -0.39 is 6.61 Å². The van der Waals surface area contributed by atoms with Crippen LogP contribution < -0.4 is 15.4 Å². The van der Waals surface area contributed by atoms with Crippen LogP contribution >= 0.6 is 23.6 Å². The summed E-state index contributed by atoms with van der Waals surface area (Å²) in [5.41, 5.74) is 0.701. The highest BCUT2D eigenvalue weighted by Gasteiger charge is 2.08. The van der Waals surface area contributed by atoms with Gasteiger partial charge in [0.15, 0.2) is 5.11 Å². The zero-order chi connectivity index (χ0) is 15.2. The molecule has 3 nitrogen and oxygen atoms in total. The lowest BCUT2D eigenvalue weighted by Gasteiger charge is -2.16. The van der Waals surface area contributed by atoms with E-state index in [1.165, 1.54) is 17.0 Å². The lowest BCUT2D eigenvalue weighted by molar-refractivity contribution is -0.0498. The van der Waals surface area contributed by atoms with Crippen molar-refractivity contribution in [3.63, 3.8) is 0 Å². The molecule has 21 heavy (non-hydrogen) atoms. The summed E-state index contributed by atoms with van der Waals surface area (Å²) in [5, 5.41) is 8.63. The van der Waals surface area contributed by atoms with Crippen molar-refractivity contribution in [3.05, 3.63) is 46.7 Å². The second-order valence-electron chi connectivity index (χ2n) is 4.24. The molecule has 0 aliphatic carbocycles. The average molecular weight is 328 g/mol. The number of halogens is 2. The summed E-state index contributed by atoms with van der Waals surface area (Å²) in [7, 11) is 0. The van der Waals surface area contributed by atoms with Crippen molar-refractivity contribution in [1.29, 1.82) is 0 Å². The number of nitrogens with one attached hydrogen (secondary N) is 2. The number of hydrogen-bond donors (Lipinski definition) is 2. The topological polar surface area (TPSA) is 33.3 Å². The molecule has 0 saturated carbocycles. The summed E-state index contributed by atoms with van der Waals surface area (Å²) in [6.45, 7) is -0.808. The third kappa shape index (κ3) is 4.95. The van der Waals surface area contributed by atoms with Gasteiger partial charge in [-0.25, -0.2) is 0 Å². The fraction of sp³-hybridized carbons (Fsp3) is 0.214. The van der Waals surface area contributed by atoms with Crippen molar-refractivity contribution in [2.75, 3.05) is 5.32 Å². The molecule has 2 rings (SSSR count). The zero-order valence-corrected chi connectivity index (χ0v) is 12.8. The third-order valence-corrected chi connectivity index (χ3v) is 3.93. The van der Waals surface area contributed by atoms with Crippen LogP contribution in [0.3, 0.4) is 0 Å². The predicted molar refractivity (Wildman–Crippen MR) is 85.2 cm³/mol. The van der Waals surface area contributed by atoms with Gasteiger partial charge in [0.1, 0.15) is 5.75 Å². The van der Waals surface area contributed by atoms with Gasteiger partial charge in [-0.1, -0.05) is 6.07 Å². The molecule has 0 aliphatic heterocycles. The molecule has 1 heterocycles. The standard InChI is InChI=1S/C14H14F2N2OS2/c1-9(12-3-2-8-21-12)17-14(20)18-10-4-6-11(7-5-10)19-13(15)16/h2-9,13H,1H3,(H2,17,18,20)/t9-/m0/s1. The van der Waals surface area contributed by atoms with Crippen LogP contribution in [-0.2, 0) is 0 Å². The maximum Gasteiger partial charge on any atom is 0.387 e. The fourth-order valence-electron chi connectivity index (χ4n) is 1.69. The predicted octanol–water partition coefficient (Wildman–Crippen LogP) is 4.40. The number of anilines is 1. The van der Waals surface area contributed by atoms with E-state index in [-0.39, 0.29) is 11.8 Å². The van der Waals surface area contributed by atoms with E-state index >= 15 is 0 Å². The van der Waals surface area contributed by atoms with Crippen LogP contribution in [0.1, 0.15) is 17.8 Å². The smallest absolute Gasteiger partial charge is 0.387 e. The van der Waals surface area contributed by atoms with E-state index in [2.05, 4.69) is 15.4 Å². The number of ether oxygens (including phenoxy) is 1. The van der Waals surface area contributed by atoms with Crippen molar-refractivity contribution in [1.82, 2.24) is 5.32 Å². The van der Waals surface area contributed by atoms with Crippen LogP contribution in [0.5, 0.6) is 5.75 Å². The quantitative estimate of drug-likeness (QED) is 0.797. The van der Waals surface area contributed by atoms with Gasteiger partial charge in [-0.15, -0.1) is 11.3 Å². The second kappa shape index (κ2) is 7.33. The Hall–Kier alpha value is -1.73. The molecule has 0 bridgehead atoms. The van der Waals surface area contributed by atoms with Gasteiger partial charge in [0, 0.05) is 10.6 Å². The first-order valence-electron chi connectivity index (χ1n) is 6.20. The number of hydrogen-bond acceptors (Lipinski definition) is 3. The Morgan fingerprint density at radius 3 is 2.52 bits per heavy atom. The molecule has 0 amide bonds. The fourth-order valence-corrected chi connectivity index (χ4v) is 2.72. The van der Waals surface area contributed by atoms with Crippen LogP contribution in [0.15, 0.2) is 41.8 Å². The molecule has 112 valence electrons. The Labute approximate surface area is 130 Å². The second-order valence-corrected chi connectivity index (χ2v) is 5.63. The van der Waals surface area contributed by atoms with Gasteiger partial charge in [-0.3, -0.25) is 0 Å². The van der Waals surface area contributed by atoms with Gasteiger partial charge >= 0.3 is 6.61 Å². The van der Waals surface area contributed by atoms with Crippen molar-refractivity contribution in [2.24, 2.45) is 0 Å². The molecule has 1 aromatic heterocycles. The molecule has 1 aromatic carbocycles. The van der Waals surface area contributed by atoms with Gasteiger partial charge < -0.3 is 15.4 Å². The first-order valence-corrected chi connectivity index (χ1v) is 7.49. The minimum absolute atomic E-state index is 0.103. The molecule has 0 radical (unpaired) electrons. The summed E-state index contributed by atoms with van der Waals surface area (Å²) in [4.78, 5) is 1.18. The van der Waals surface area contributed by atoms with Crippen molar-refractivity contribution in [3.8, 4) is 5.75 Å². The summed E-state index contributed by atoms with van der Waals surface area (Å²) in [6, 6.07) is 10.3. The van der Waals surface area contributed by atoms with E-state index in [1.807, 2.05) is 24.4 Å². The lowest BCUT2D eigenvalue weighted by atomic mass is 10.3. The van der Waals surface area contributed by atoms with Gasteiger partial charge in [0.05, 0.1) is 6.04 Å². The van der Waals surface area contributed by atoms with Crippen molar-refractivity contribution < 1.29 is 13.5 Å². The molecular formula is C14H14F2N2OS2. The monoisotopic (exact) mass is 328 g/mol. The third-order valence-electron chi connectivity index (χ3n) is 2.65. The molecule has 0 saturated heterocycles. The summed E-state index contributed by atoms with van der Waals surface area (Å²) < 4.78 is 28.4. The van der Waals surface area contributed by atoms with Crippen LogP contribution in [0.2, 0.25) is 0 Å². The van der Waals surface area contributed by atoms with Gasteiger partial charge in [0.2, 0.25) is 0 Å². The van der Waals surface area contributed by atoms with E-state index in [4.69, 9.17) is 12.2 Å². The highest BCUT2D eigenvalue weighted by atomic mass is 32.1. The summed E-state index contributed by atoms with van der Waals surface area (Å²) >= 11 is 6.87. The van der Waals surface area contributed by atoms with Crippen molar-refractivity contribution in [2.45, 2.75) is 19.6 Å². The number of thiophene rings is 1. The first kappa shape index (κ1) is 15.7. The van der Waals surface area contributed by atoms with Gasteiger partial charge in [0.25, 0.3) is 0 Å². The zero-order valence-electron chi connectivity index (χ0n) is 11.2. The van der Waals surface area contributed by atoms with E-state index in [0.717, 1.165) is 0 Å². The molecule has 7 heteroatoms. The normalized spacial score (nSPS) is 12.0. The Morgan fingerprint density at radius 2 is 1.95 bits per heavy atom. The number of alkyl halides is 2. The molecular weight excluding hydrogens is 314 g/mol.